The fourth-order valence-corrected chi connectivity index (χ4v) is 2.19. The van der Waals surface area contributed by atoms with Gasteiger partial charge in [0.2, 0.25) is 0 Å². The maximum absolute atomic E-state index is 12.4. The van der Waals surface area contributed by atoms with Crippen LogP contribution in [0.15, 0.2) is 48.5 Å². The van der Waals surface area contributed by atoms with Gasteiger partial charge in [-0.05, 0) is 42.8 Å². The number of alkyl halides is 3. The van der Waals surface area contributed by atoms with E-state index in [1.165, 1.54) is 42.5 Å². The van der Waals surface area contributed by atoms with E-state index in [0.717, 1.165) is 0 Å². The number of amides is 2. The second-order valence-corrected chi connectivity index (χ2v) is 5.60. The van der Waals surface area contributed by atoms with Crippen molar-refractivity contribution in [3.05, 3.63) is 59.7 Å². The van der Waals surface area contributed by atoms with E-state index in [2.05, 4.69) is 10.1 Å². The zero-order valence-corrected chi connectivity index (χ0v) is 15.2. The van der Waals surface area contributed by atoms with Crippen molar-refractivity contribution < 1.29 is 37.0 Å². The van der Waals surface area contributed by atoms with Gasteiger partial charge >= 0.3 is 18.2 Å². The van der Waals surface area contributed by atoms with Gasteiger partial charge in [-0.25, -0.2) is 4.79 Å². The van der Waals surface area contributed by atoms with E-state index in [1.807, 2.05) is 0 Å². The molecule has 0 aromatic heterocycles. The van der Waals surface area contributed by atoms with Gasteiger partial charge in [-0.1, -0.05) is 18.2 Å². The topological polar surface area (TPSA) is 93.7 Å². The molecule has 2 N–H and O–H groups in total. The predicted molar refractivity (Wildman–Crippen MR) is 96.4 cm³/mol. The normalized spacial score (nSPS) is 10.8. The average molecular weight is 410 g/mol. The summed E-state index contributed by atoms with van der Waals surface area (Å²) in [6.07, 6.45) is -5.90. The summed E-state index contributed by atoms with van der Waals surface area (Å²) in [7, 11) is 0. The quantitative estimate of drug-likeness (QED) is 0.560. The number of rotatable bonds is 6. The monoisotopic (exact) mass is 410 g/mol. The van der Waals surface area contributed by atoms with Crippen molar-refractivity contribution in [3.63, 3.8) is 0 Å². The summed E-state index contributed by atoms with van der Waals surface area (Å²) in [6.45, 7) is 1.67. The van der Waals surface area contributed by atoms with E-state index in [1.54, 1.807) is 18.3 Å². The van der Waals surface area contributed by atoms with Crippen LogP contribution in [-0.4, -0.2) is 30.8 Å². The van der Waals surface area contributed by atoms with Crippen LogP contribution in [0.3, 0.4) is 0 Å². The van der Waals surface area contributed by atoms with Gasteiger partial charge in [-0.15, -0.1) is 0 Å². The number of carbonyl (C=O) groups excluding carboxylic acids is 3. The summed E-state index contributed by atoms with van der Waals surface area (Å²) < 4.78 is 46.8. The third-order valence-electron chi connectivity index (χ3n) is 3.54. The van der Waals surface area contributed by atoms with E-state index in [4.69, 9.17) is 4.74 Å². The molecule has 2 amide bonds. The minimum absolute atomic E-state index is 0.0618. The molecular formula is C19H17F3N2O5. The molecule has 29 heavy (non-hydrogen) atoms. The number of hydrogen-bond donors (Lipinski definition) is 2. The Labute approximate surface area is 163 Å². The van der Waals surface area contributed by atoms with Crippen molar-refractivity contribution >= 4 is 23.7 Å². The fraction of sp³-hybridized carbons (Fsp3) is 0.211. The van der Waals surface area contributed by atoms with Crippen molar-refractivity contribution in [2.75, 3.05) is 11.9 Å². The van der Waals surface area contributed by atoms with E-state index in [-0.39, 0.29) is 30.2 Å². The van der Waals surface area contributed by atoms with E-state index in [9.17, 15) is 27.6 Å². The Bertz CT molecular complexity index is 882. The first-order valence-corrected chi connectivity index (χ1v) is 8.39. The Morgan fingerprint density at radius 3 is 2.28 bits per heavy atom. The second-order valence-electron chi connectivity index (χ2n) is 5.60. The lowest BCUT2D eigenvalue weighted by atomic mass is 10.1. The third kappa shape index (κ3) is 6.52. The summed E-state index contributed by atoms with van der Waals surface area (Å²) >= 11 is 0. The predicted octanol–water partition coefficient (Wildman–Crippen LogP) is 3.65. The molecule has 0 aliphatic heterocycles. The molecule has 0 heterocycles. The molecule has 0 radical (unpaired) electrons. The zero-order valence-electron chi connectivity index (χ0n) is 15.2. The molecule has 0 saturated heterocycles. The maximum Gasteiger partial charge on any atom is 0.513 e. The van der Waals surface area contributed by atoms with Crippen LogP contribution in [0.1, 0.15) is 22.8 Å². The lowest BCUT2D eigenvalue weighted by molar-refractivity contribution is -0.167. The number of para-hydroxylation sites is 1. The van der Waals surface area contributed by atoms with E-state index >= 15 is 0 Å². The summed E-state index contributed by atoms with van der Waals surface area (Å²) in [4.78, 5) is 34.6. The third-order valence-corrected chi connectivity index (χ3v) is 3.54. The number of ether oxygens (including phenoxy) is 2. The van der Waals surface area contributed by atoms with Crippen LogP contribution in [-0.2, 0) is 16.1 Å². The standard InChI is InChI=1S/C19H17F3N2O5/c1-2-28-18(27)29-14-9-7-12(8-10-14)16(25)23-11-13-5-3-4-6-15(13)24-17(26)19(20,21)22/h3-10H,2,11H2,1H3,(H,23,25)(H,24,26). The van der Waals surface area contributed by atoms with Crippen LogP contribution in [0.4, 0.5) is 23.7 Å². The van der Waals surface area contributed by atoms with Crippen molar-refractivity contribution in [2.24, 2.45) is 0 Å². The lowest BCUT2D eigenvalue weighted by Gasteiger charge is -2.13. The highest BCUT2D eigenvalue weighted by Crippen LogP contribution is 2.21. The molecule has 0 aliphatic carbocycles. The SMILES string of the molecule is CCOC(=O)Oc1ccc(C(=O)NCc2ccccc2NC(=O)C(F)(F)F)cc1. The van der Waals surface area contributed by atoms with Gasteiger partial charge in [0.25, 0.3) is 5.91 Å². The molecule has 2 aromatic rings. The number of carbonyl (C=O) groups is 3. The minimum Gasteiger partial charge on any atom is -0.434 e. The molecule has 0 unspecified atom stereocenters. The van der Waals surface area contributed by atoms with Gasteiger partial charge in [0.1, 0.15) is 5.75 Å². The maximum atomic E-state index is 12.4. The molecule has 10 heteroatoms. The summed E-state index contributed by atoms with van der Waals surface area (Å²) in [5.74, 6) is -2.43. The molecule has 7 nitrogen and oxygen atoms in total. The largest absolute Gasteiger partial charge is 0.513 e. The molecule has 0 spiro atoms. The smallest absolute Gasteiger partial charge is 0.434 e. The summed E-state index contributed by atoms with van der Waals surface area (Å²) in [5.41, 5.74) is 0.465. The van der Waals surface area contributed by atoms with Gasteiger partial charge in [0, 0.05) is 17.8 Å². The molecule has 0 aliphatic rings. The van der Waals surface area contributed by atoms with Crippen LogP contribution < -0.4 is 15.4 Å². The Morgan fingerprint density at radius 2 is 1.66 bits per heavy atom. The first-order valence-electron chi connectivity index (χ1n) is 8.39. The van der Waals surface area contributed by atoms with Crippen LogP contribution >= 0.6 is 0 Å². The molecule has 0 saturated carbocycles. The Balaban J connectivity index is 1.99. The summed E-state index contributed by atoms with van der Waals surface area (Å²) in [5, 5.41) is 4.32. The molecular weight excluding hydrogens is 393 g/mol. The molecule has 154 valence electrons. The molecule has 0 bridgehead atoms. The fourth-order valence-electron chi connectivity index (χ4n) is 2.19. The minimum atomic E-state index is -5.02. The molecule has 0 fully saturated rings. The highest BCUT2D eigenvalue weighted by Gasteiger charge is 2.38. The van der Waals surface area contributed by atoms with E-state index < -0.39 is 24.1 Å². The van der Waals surface area contributed by atoms with E-state index in [0.29, 0.717) is 5.56 Å². The van der Waals surface area contributed by atoms with Gasteiger partial charge < -0.3 is 20.1 Å². The average Bonchev–Trinajstić information content (AvgIpc) is 2.67. The van der Waals surface area contributed by atoms with Crippen molar-refractivity contribution in [1.82, 2.24) is 5.32 Å². The van der Waals surface area contributed by atoms with Crippen LogP contribution in [0.5, 0.6) is 5.75 Å². The van der Waals surface area contributed by atoms with Crippen LogP contribution in [0.25, 0.3) is 0 Å². The number of halogens is 3. The number of nitrogens with one attached hydrogen (secondary N) is 2. The second kappa shape index (κ2) is 9.58. The number of hydrogen-bond acceptors (Lipinski definition) is 5. The van der Waals surface area contributed by atoms with Crippen LogP contribution in [0, 0.1) is 0 Å². The zero-order chi connectivity index (χ0) is 21.4. The Hall–Kier alpha value is -3.56. The number of anilines is 1. The van der Waals surface area contributed by atoms with Gasteiger partial charge in [-0.3, -0.25) is 9.59 Å². The first kappa shape index (κ1) is 21.7. The Kier molecular flexibility index (Phi) is 7.18. The highest BCUT2D eigenvalue weighted by molar-refractivity contribution is 5.96. The molecule has 2 rings (SSSR count). The Morgan fingerprint density at radius 1 is 1.00 bits per heavy atom. The molecule has 2 aromatic carbocycles. The van der Waals surface area contributed by atoms with Crippen molar-refractivity contribution in [2.45, 2.75) is 19.6 Å². The van der Waals surface area contributed by atoms with Gasteiger partial charge in [-0.2, -0.15) is 13.2 Å². The molecule has 0 atom stereocenters. The number of benzene rings is 2. The summed E-state index contributed by atoms with van der Waals surface area (Å²) in [6, 6.07) is 11.4. The van der Waals surface area contributed by atoms with Crippen molar-refractivity contribution in [1.29, 1.82) is 0 Å². The lowest BCUT2D eigenvalue weighted by Crippen LogP contribution is -2.31. The highest BCUT2D eigenvalue weighted by atomic mass is 19.4. The van der Waals surface area contributed by atoms with Gasteiger partial charge in [0.05, 0.1) is 6.61 Å². The first-order chi connectivity index (χ1) is 13.7. The van der Waals surface area contributed by atoms with Crippen molar-refractivity contribution in [3.8, 4) is 5.75 Å². The van der Waals surface area contributed by atoms with Gasteiger partial charge in [0.15, 0.2) is 0 Å². The van der Waals surface area contributed by atoms with Crippen LogP contribution in [0.2, 0.25) is 0 Å².